The number of anilines is 1. The van der Waals surface area contributed by atoms with E-state index in [9.17, 15) is 4.79 Å². The summed E-state index contributed by atoms with van der Waals surface area (Å²) in [6, 6.07) is 22.4. The Morgan fingerprint density at radius 3 is 2.45 bits per heavy atom. The highest BCUT2D eigenvalue weighted by Crippen LogP contribution is 2.37. The SMILES string of the molecule is CCOC(=O)/C=C/CNCCOc1ccc(/C(=C(/CC)c2ccccc2C)c2ccc(N)c(C=N)c2)cc1. The maximum absolute atomic E-state index is 11.3. The Morgan fingerprint density at radius 2 is 1.76 bits per heavy atom. The van der Waals surface area contributed by atoms with E-state index in [-0.39, 0.29) is 5.97 Å². The van der Waals surface area contributed by atoms with Crippen LogP contribution in [0.2, 0.25) is 0 Å². The van der Waals surface area contributed by atoms with Gasteiger partial charge in [0.1, 0.15) is 12.4 Å². The van der Waals surface area contributed by atoms with E-state index < -0.39 is 0 Å². The van der Waals surface area contributed by atoms with Crippen LogP contribution in [0.4, 0.5) is 5.69 Å². The molecular weight excluding hydrogens is 474 g/mol. The summed E-state index contributed by atoms with van der Waals surface area (Å²) in [6.45, 7) is 8.16. The van der Waals surface area contributed by atoms with E-state index >= 15 is 0 Å². The van der Waals surface area contributed by atoms with Crippen molar-refractivity contribution < 1.29 is 14.3 Å². The molecule has 6 heteroatoms. The van der Waals surface area contributed by atoms with Gasteiger partial charge >= 0.3 is 5.97 Å². The molecular formula is C32H37N3O3. The van der Waals surface area contributed by atoms with Gasteiger partial charge in [-0.15, -0.1) is 0 Å². The van der Waals surface area contributed by atoms with Crippen molar-refractivity contribution in [2.45, 2.75) is 27.2 Å². The molecule has 0 saturated carbocycles. The van der Waals surface area contributed by atoms with Crippen LogP contribution in [0.15, 0.2) is 78.9 Å². The number of benzene rings is 3. The minimum Gasteiger partial charge on any atom is -0.492 e. The number of rotatable bonds is 13. The lowest BCUT2D eigenvalue weighted by molar-refractivity contribution is -0.137. The van der Waals surface area contributed by atoms with E-state index in [4.69, 9.17) is 20.6 Å². The molecule has 0 bridgehead atoms. The molecule has 3 aromatic rings. The molecule has 0 atom stereocenters. The summed E-state index contributed by atoms with van der Waals surface area (Å²) in [5, 5.41) is 11.0. The second kappa shape index (κ2) is 14.5. The molecule has 38 heavy (non-hydrogen) atoms. The van der Waals surface area contributed by atoms with Gasteiger partial charge in [0.15, 0.2) is 0 Å². The molecule has 198 valence electrons. The largest absolute Gasteiger partial charge is 0.492 e. The highest BCUT2D eigenvalue weighted by Gasteiger charge is 2.15. The van der Waals surface area contributed by atoms with Crippen LogP contribution >= 0.6 is 0 Å². The van der Waals surface area contributed by atoms with E-state index in [1.165, 1.54) is 29.0 Å². The normalized spacial score (nSPS) is 11.8. The number of carbonyl (C=O) groups excluding carboxylic acids is 1. The van der Waals surface area contributed by atoms with Gasteiger partial charge in [0, 0.05) is 36.6 Å². The lowest BCUT2D eigenvalue weighted by Gasteiger charge is -2.19. The first-order valence-corrected chi connectivity index (χ1v) is 12.9. The molecule has 0 amide bonds. The van der Waals surface area contributed by atoms with Crippen molar-refractivity contribution in [3.63, 3.8) is 0 Å². The third-order valence-electron chi connectivity index (χ3n) is 6.15. The molecule has 3 aromatic carbocycles. The first-order chi connectivity index (χ1) is 18.5. The van der Waals surface area contributed by atoms with Crippen molar-refractivity contribution in [3.05, 3.63) is 107 Å². The molecule has 6 nitrogen and oxygen atoms in total. The second-order valence-corrected chi connectivity index (χ2v) is 8.74. The first kappa shape index (κ1) is 28.4. The highest BCUT2D eigenvalue weighted by atomic mass is 16.5. The lowest BCUT2D eigenvalue weighted by Crippen LogP contribution is -2.21. The summed E-state index contributed by atoms with van der Waals surface area (Å²) in [6.07, 6.45) is 5.31. The van der Waals surface area contributed by atoms with Crippen LogP contribution in [0, 0.1) is 12.3 Å². The number of carbonyl (C=O) groups is 1. The van der Waals surface area contributed by atoms with Gasteiger partial charge in [0.2, 0.25) is 0 Å². The minimum atomic E-state index is -0.333. The standard InChI is InChI=1S/C32H37N3O3/c1-4-28(29-10-7-6-9-23(29)3)32(25-14-17-30(34)26(21-25)22-33)24-12-15-27(16-13-24)38-20-19-35-18-8-11-31(36)37-5-2/h6-17,21-22,33,35H,4-5,18-20,34H2,1-3H3/b11-8+,32-28+,33-22?. The number of nitrogens with two attached hydrogens (primary N) is 1. The Hall–Kier alpha value is -4.16. The van der Waals surface area contributed by atoms with Crippen molar-refractivity contribution in [1.29, 1.82) is 5.41 Å². The Kier molecular flexibility index (Phi) is 10.9. The van der Waals surface area contributed by atoms with Crippen LogP contribution in [0.5, 0.6) is 5.75 Å². The minimum absolute atomic E-state index is 0.333. The molecule has 0 aliphatic heterocycles. The summed E-state index contributed by atoms with van der Waals surface area (Å²) >= 11 is 0. The van der Waals surface area contributed by atoms with Crippen LogP contribution in [0.25, 0.3) is 11.1 Å². The van der Waals surface area contributed by atoms with Crippen LogP contribution in [0.3, 0.4) is 0 Å². The fourth-order valence-electron chi connectivity index (χ4n) is 4.27. The van der Waals surface area contributed by atoms with Crippen LogP contribution in [0.1, 0.15) is 48.1 Å². The van der Waals surface area contributed by atoms with E-state index in [0.717, 1.165) is 28.9 Å². The Labute approximate surface area is 225 Å². The maximum Gasteiger partial charge on any atom is 0.330 e. The van der Waals surface area contributed by atoms with Gasteiger partial charge in [-0.05, 0) is 77.9 Å². The van der Waals surface area contributed by atoms with Gasteiger partial charge in [-0.1, -0.05) is 55.5 Å². The summed E-state index contributed by atoms with van der Waals surface area (Å²) < 4.78 is 10.8. The summed E-state index contributed by atoms with van der Waals surface area (Å²) in [5.41, 5.74) is 14.3. The van der Waals surface area contributed by atoms with Crippen molar-refractivity contribution in [2.75, 3.05) is 32.0 Å². The fourth-order valence-corrected chi connectivity index (χ4v) is 4.27. The van der Waals surface area contributed by atoms with Gasteiger partial charge in [-0.2, -0.15) is 0 Å². The number of hydrogen-bond acceptors (Lipinski definition) is 6. The van der Waals surface area contributed by atoms with Crippen LogP contribution in [-0.4, -0.2) is 38.5 Å². The molecule has 0 aliphatic carbocycles. The number of nitrogen functional groups attached to an aromatic ring is 1. The molecule has 0 aliphatic rings. The van der Waals surface area contributed by atoms with Gasteiger partial charge in [0.05, 0.1) is 6.61 Å². The van der Waals surface area contributed by atoms with Gasteiger partial charge in [-0.25, -0.2) is 4.79 Å². The summed E-state index contributed by atoms with van der Waals surface area (Å²) in [5.74, 6) is 0.448. The fraction of sp³-hybridized carbons (Fsp3) is 0.250. The maximum atomic E-state index is 11.3. The molecule has 0 aromatic heterocycles. The third kappa shape index (κ3) is 7.67. The Morgan fingerprint density at radius 1 is 1.03 bits per heavy atom. The van der Waals surface area contributed by atoms with Crippen molar-refractivity contribution in [1.82, 2.24) is 5.32 Å². The first-order valence-electron chi connectivity index (χ1n) is 12.9. The molecule has 0 unspecified atom stereocenters. The molecule has 0 saturated heterocycles. The molecule has 4 N–H and O–H groups in total. The quantitative estimate of drug-likeness (QED) is 0.0650. The van der Waals surface area contributed by atoms with Gasteiger partial charge in [0.25, 0.3) is 0 Å². The van der Waals surface area contributed by atoms with Crippen LogP contribution < -0.4 is 15.8 Å². The predicted molar refractivity (Wildman–Crippen MR) is 157 cm³/mol. The number of hydrogen-bond donors (Lipinski definition) is 3. The smallest absolute Gasteiger partial charge is 0.330 e. The zero-order valence-electron chi connectivity index (χ0n) is 22.4. The average Bonchev–Trinajstić information content (AvgIpc) is 2.93. The lowest BCUT2D eigenvalue weighted by atomic mass is 9.86. The highest BCUT2D eigenvalue weighted by molar-refractivity contribution is 6.00. The van der Waals surface area contributed by atoms with E-state index in [1.54, 1.807) is 13.0 Å². The molecule has 0 fully saturated rings. The zero-order chi connectivity index (χ0) is 27.3. The van der Waals surface area contributed by atoms with Gasteiger partial charge in [-0.3, -0.25) is 0 Å². The zero-order valence-corrected chi connectivity index (χ0v) is 22.4. The topological polar surface area (TPSA) is 97.4 Å². The predicted octanol–water partition coefficient (Wildman–Crippen LogP) is 6.03. The second-order valence-electron chi connectivity index (χ2n) is 8.74. The van der Waals surface area contributed by atoms with Crippen molar-refractivity contribution in [2.24, 2.45) is 0 Å². The summed E-state index contributed by atoms with van der Waals surface area (Å²) in [4.78, 5) is 11.3. The monoisotopic (exact) mass is 511 g/mol. The number of aryl methyl sites for hydroxylation is 1. The van der Waals surface area contributed by atoms with E-state index in [0.29, 0.717) is 37.6 Å². The van der Waals surface area contributed by atoms with Crippen LogP contribution in [-0.2, 0) is 9.53 Å². The third-order valence-corrected chi connectivity index (χ3v) is 6.15. The van der Waals surface area contributed by atoms with Crippen molar-refractivity contribution in [3.8, 4) is 5.75 Å². The summed E-state index contributed by atoms with van der Waals surface area (Å²) in [7, 11) is 0. The molecule has 0 radical (unpaired) electrons. The Bertz CT molecular complexity index is 1290. The molecule has 0 spiro atoms. The number of allylic oxidation sites excluding steroid dienone is 1. The average molecular weight is 512 g/mol. The molecule has 3 rings (SSSR count). The number of ether oxygens (including phenoxy) is 2. The van der Waals surface area contributed by atoms with Crippen molar-refractivity contribution >= 4 is 29.0 Å². The van der Waals surface area contributed by atoms with E-state index in [2.05, 4.69) is 55.6 Å². The molecule has 0 heterocycles. The number of esters is 1. The number of nitrogens with one attached hydrogen (secondary N) is 2. The van der Waals surface area contributed by atoms with Gasteiger partial charge < -0.3 is 25.9 Å². The van der Waals surface area contributed by atoms with E-state index in [1.807, 2.05) is 30.3 Å². The Balaban J connectivity index is 1.81.